The van der Waals surface area contributed by atoms with Crippen LogP contribution in [-0.4, -0.2) is 42.7 Å². The van der Waals surface area contributed by atoms with Gasteiger partial charge in [0.25, 0.3) is 11.8 Å². The normalized spacial score (nSPS) is 25.2. The van der Waals surface area contributed by atoms with E-state index in [1.54, 1.807) is 13.1 Å². The zero-order valence-electron chi connectivity index (χ0n) is 17.4. The smallest absolute Gasteiger partial charge is 0.254 e. The van der Waals surface area contributed by atoms with Crippen molar-refractivity contribution in [2.75, 3.05) is 13.7 Å². The minimum atomic E-state index is -0.454. The number of fused-ring (bicyclic) bond motifs is 1. The van der Waals surface area contributed by atoms with Crippen LogP contribution in [0.1, 0.15) is 64.4 Å². The first-order chi connectivity index (χ1) is 14.4. The van der Waals surface area contributed by atoms with E-state index < -0.39 is 5.41 Å². The topological polar surface area (TPSA) is 87.7 Å². The molecule has 2 aromatic carbocycles. The number of benzene rings is 2. The van der Waals surface area contributed by atoms with Gasteiger partial charge in [-0.1, -0.05) is 30.3 Å². The molecule has 1 saturated carbocycles. The number of nitrogens with one attached hydrogen (secondary N) is 2. The Balaban J connectivity index is 1.71. The van der Waals surface area contributed by atoms with E-state index in [9.17, 15) is 14.7 Å². The molecule has 0 saturated heterocycles. The van der Waals surface area contributed by atoms with Gasteiger partial charge in [-0.25, -0.2) is 0 Å². The molecule has 2 aliphatic rings. The van der Waals surface area contributed by atoms with Gasteiger partial charge in [0.15, 0.2) is 0 Å². The van der Waals surface area contributed by atoms with Crippen LogP contribution in [0.3, 0.4) is 0 Å². The minimum absolute atomic E-state index is 0.0364. The molecule has 2 aromatic rings. The number of amides is 2. The van der Waals surface area contributed by atoms with Gasteiger partial charge in [-0.05, 0) is 50.3 Å². The van der Waals surface area contributed by atoms with Crippen LogP contribution in [0.15, 0.2) is 42.5 Å². The second-order valence-corrected chi connectivity index (χ2v) is 8.45. The van der Waals surface area contributed by atoms with Crippen molar-refractivity contribution in [2.45, 2.75) is 50.2 Å². The van der Waals surface area contributed by atoms with Gasteiger partial charge in [0.2, 0.25) is 0 Å². The van der Waals surface area contributed by atoms with E-state index in [0.717, 1.165) is 24.0 Å². The molecule has 1 unspecified atom stereocenters. The van der Waals surface area contributed by atoms with Crippen LogP contribution < -0.4 is 15.4 Å². The number of hydrogen-bond donors (Lipinski definition) is 3. The first kappa shape index (κ1) is 20.4. The zero-order chi connectivity index (χ0) is 21.3. The fraction of sp³-hybridized carbons (Fsp3) is 0.417. The summed E-state index contributed by atoms with van der Waals surface area (Å²) in [5.74, 6) is 0.0590. The summed E-state index contributed by atoms with van der Waals surface area (Å²) >= 11 is 0. The maximum absolute atomic E-state index is 13.1. The predicted molar refractivity (Wildman–Crippen MR) is 114 cm³/mol. The SMILES string of the molecule is CNC(=O)c1cc(C(=O)NC2CCC(O)CC2)cc2c1OCC2(C)c1ccccc1. The van der Waals surface area contributed by atoms with Crippen LogP contribution in [0.2, 0.25) is 0 Å². The number of ether oxygens (including phenoxy) is 1. The fourth-order valence-electron chi connectivity index (χ4n) is 4.46. The largest absolute Gasteiger partial charge is 0.491 e. The standard InChI is InChI=1S/C24H28N2O4/c1-24(16-6-4-3-5-7-16)14-30-21-19(23(29)25-2)12-15(13-20(21)24)22(28)26-17-8-10-18(27)11-9-17/h3-7,12-13,17-18,27H,8-11,14H2,1-2H3,(H,25,29)(H,26,28). The summed E-state index contributed by atoms with van der Waals surface area (Å²) in [7, 11) is 1.57. The highest BCUT2D eigenvalue weighted by Crippen LogP contribution is 2.45. The van der Waals surface area contributed by atoms with Gasteiger partial charge < -0.3 is 20.5 Å². The Bertz CT molecular complexity index is 951. The Morgan fingerprint density at radius 1 is 1.07 bits per heavy atom. The quantitative estimate of drug-likeness (QED) is 0.726. The molecule has 6 heteroatoms. The van der Waals surface area contributed by atoms with E-state index in [1.165, 1.54) is 0 Å². The van der Waals surface area contributed by atoms with E-state index in [2.05, 4.69) is 17.6 Å². The van der Waals surface area contributed by atoms with Gasteiger partial charge in [-0.3, -0.25) is 9.59 Å². The average Bonchev–Trinajstić information content (AvgIpc) is 3.12. The number of carbonyl (C=O) groups excluding carboxylic acids is 2. The number of hydrogen-bond acceptors (Lipinski definition) is 4. The van der Waals surface area contributed by atoms with Crippen LogP contribution in [0.5, 0.6) is 5.75 Å². The van der Waals surface area contributed by atoms with Crippen molar-refractivity contribution in [1.29, 1.82) is 0 Å². The third-order valence-corrected chi connectivity index (χ3v) is 6.37. The molecule has 1 heterocycles. The number of rotatable bonds is 4. The highest BCUT2D eigenvalue weighted by Gasteiger charge is 2.41. The molecule has 0 spiro atoms. The minimum Gasteiger partial charge on any atom is -0.491 e. The molecular formula is C24H28N2O4. The lowest BCUT2D eigenvalue weighted by atomic mass is 9.77. The van der Waals surface area contributed by atoms with Crippen molar-refractivity contribution in [2.24, 2.45) is 0 Å². The summed E-state index contributed by atoms with van der Waals surface area (Å²) in [6, 6.07) is 13.5. The lowest BCUT2D eigenvalue weighted by Crippen LogP contribution is -2.38. The summed E-state index contributed by atoms with van der Waals surface area (Å²) in [5, 5.41) is 15.4. The Labute approximate surface area is 176 Å². The van der Waals surface area contributed by atoms with Gasteiger partial charge in [0, 0.05) is 24.2 Å². The average molecular weight is 408 g/mol. The molecule has 4 rings (SSSR count). The van der Waals surface area contributed by atoms with Crippen LogP contribution in [-0.2, 0) is 5.41 Å². The molecule has 0 bridgehead atoms. The van der Waals surface area contributed by atoms with Crippen LogP contribution >= 0.6 is 0 Å². The molecule has 6 nitrogen and oxygen atoms in total. The number of aliphatic hydroxyl groups is 1. The van der Waals surface area contributed by atoms with E-state index in [0.29, 0.717) is 36.3 Å². The first-order valence-corrected chi connectivity index (χ1v) is 10.5. The molecule has 1 atom stereocenters. The molecule has 0 aromatic heterocycles. The van der Waals surface area contributed by atoms with E-state index in [-0.39, 0.29) is 24.0 Å². The van der Waals surface area contributed by atoms with Crippen molar-refractivity contribution in [1.82, 2.24) is 10.6 Å². The summed E-state index contributed by atoms with van der Waals surface area (Å²) in [5.41, 5.74) is 2.29. The molecule has 3 N–H and O–H groups in total. The molecular weight excluding hydrogens is 380 g/mol. The maximum atomic E-state index is 13.1. The van der Waals surface area contributed by atoms with Crippen molar-refractivity contribution in [3.05, 3.63) is 64.7 Å². The maximum Gasteiger partial charge on any atom is 0.254 e. The molecule has 2 amide bonds. The van der Waals surface area contributed by atoms with Gasteiger partial charge in [-0.2, -0.15) is 0 Å². The molecule has 0 radical (unpaired) electrons. The van der Waals surface area contributed by atoms with Gasteiger partial charge in [0.05, 0.1) is 17.1 Å². The van der Waals surface area contributed by atoms with Crippen LogP contribution in [0.25, 0.3) is 0 Å². The predicted octanol–water partition coefficient (Wildman–Crippen LogP) is 2.78. The van der Waals surface area contributed by atoms with Gasteiger partial charge in [0.1, 0.15) is 12.4 Å². The lowest BCUT2D eigenvalue weighted by molar-refractivity contribution is 0.0867. The lowest BCUT2D eigenvalue weighted by Gasteiger charge is -2.27. The molecule has 1 fully saturated rings. The highest BCUT2D eigenvalue weighted by atomic mass is 16.5. The van der Waals surface area contributed by atoms with Crippen molar-refractivity contribution in [3.63, 3.8) is 0 Å². The monoisotopic (exact) mass is 408 g/mol. The van der Waals surface area contributed by atoms with Crippen molar-refractivity contribution >= 4 is 11.8 Å². The summed E-state index contributed by atoms with van der Waals surface area (Å²) in [6.45, 7) is 2.48. The van der Waals surface area contributed by atoms with E-state index in [4.69, 9.17) is 4.74 Å². The first-order valence-electron chi connectivity index (χ1n) is 10.5. The number of aliphatic hydroxyl groups excluding tert-OH is 1. The Hall–Kier alpha value is -2.86. The van der Waals surface area contributed by atoms with Crippen LogP contribution in [0, 0.1) is 0 Å². The Kier molecular flexibility index (Phi) is 5.52. The molecule has 1 aliphatic carbocycles. The molecule has 158 valence electrons. The fourth-order valence-corrected chi connectivity index (χ4v) is 4.46. The summed E-state index contributed by atoms with van der Waals surface area (Å²) < 4.78 is 6.00. The second kappa shape index (κ2) is 8.11. The van der Waals surface area contributed by atoms with Crippen molar-refractivity contribution < 1.29 is 19.4 Å². The van der Waals surface area contributed by atoms with E-state index in [1.807, 2.05) is 36.4 Å². The summed E-state index contributed by atoms with van der Waals surface area (Å²) in [6.07, 6.45) is 2.62. The third kappa shape index (κ3) is 3.67. The molecule has 30 heavy (non-hydrogen) atoms. The Morgan fingerprint density at radius 2 is 1.77 bits per heavy atom. The second-order valence-electron chi connectivity index (χ2n) is 8.45. The van der Waals surface area contributed by atoms with Gasteiger partial charge in [-0.15, -0.1) is 0 Å². The van der Waals surface area contributed by atoms with Crippen LogP contribution in [0.4, 0.5) is 0 Å². The third-order valence-electron chi connectivity index (χ3n) is 6.37. The number of carbonyl (C=O) groups is 2. The van der Waals surface area contributed by atoms with Gasteiger partial charge >= 0.3 is 0 Å². The summed E-state index contributed by atoms with van der Waals surface area (Å²) in [4.78, 5) is 25.6. The van der Waals surface area contributed by atoms with E-state index >= 15 is 0 Å². The highest BCUT2D eigenvalue weighted by molar-refractivity contribution is 6.02. The Morgan fingerprint density at radius 3 is 2.43 bits per heavy atom. The zero-order valence-corrected chi connectivity index (χ0v) is 17.4. The van der Waals surface area contributed by atoms with Crippen molar-refractivity contribution in [3.8, 4) is 5.75 Å². The molecule has 1 aliphatic heterocycles.